The zero-order chi connectivity index (χ0) is 23.4. The molecule has 1 aliphatic rings. The molecule has 2 amide bonds. The second-order valence-electron chi connectivity index (χ2n) is 7.54. The number of rotatable bonds is 8. The molecule has 1 aliphatic heterocycles. The van der Waals surface area contributed by atoms with Crippen LogP contribution in [0.25, 0.3) is 10.8 Å². The second-order valence-corrected chi connectivity index (χ2v) is 7.54. The number of esters is 1. The van der Waals surface area contributed by atoms with Crippen LogP contribution in [0.5, 0.6) is 5.75 Å². The minimum absolute atomic E-state index is 0.273. The maximum absolute atomic E-state index is 13.0. The predicted octanol–water partition coefficient (Wildman–Crippen LogP) is 4.77. The molecule has 0 unspecified atom stereocenters. The Bertz CT molecular complexity index is 1270. The molecule has 4 rings (SSSR count). The van der Waals surface area contributed by atoms with Crippen LogP contribution in [0.3, 0.4) is 0 Å². The molecule has 0 bridgehead atoms. The Morgan fingerprint density at radius 2 is 1.82 bits per heavy atom. The Balaban J connectivity index is 1.65. The van der Waals surface area contributed by atoms with Crippen molar-refractivity contribution in [3.05, 3.63) is 83.9 Å². The van der Waals surface area contributed by atoms with Gasteiger partial charge in [-0.3, -0.25) is 19.9 Å². The third kappa shape index (κ3) is 4.25. The smallest absolute Gasteiger partial charge is 0.335 e. The van der Waals surface area contributed by atoms with Crippen molar-refractivity contribution in [3.8, 4) is 5.75 Å². The van der Waals surface area contributed by atoms with Gasteiger partial charge in [-0.05, 0) is 36.8 Å². The van der Waals surface area contributed by atoms with Crippen LogP contribution in [0.15, 0.2) is 72.4 Å². The number of nitrogens with zero attached hydrogens (tertiary/aromatic N) is 2. The van der Waals surface area contributed by atoms with Gasteiger partial charge in [0.05, 0.1) is 11.9 Å². The monoisotopic (exact) mass is 441 g/mol. The Morgan fingerprint density at radius 3 is 2.58 bits per heavy atom. The number of carbonyl (C=O) groups is 3. The van der Waals surface area contributed by atoms with E-state index in [4.69, 9.17) is 4.74 Å². The van der Waals surface area contributed by atoms with Crippen LogP contribution in [-0.4, -0.2) is 35.4 Å². The number of amides is 2. The van der Waals surface area contributed by atoms with Crippen molar-refractivity contribution in [1.29, 1.82) is 0 Å². The van der Waals surface area contributed by atoms with Gasteiger partial charge in [-0.15, -0.1) is 0 Å². The fourth-order valence-corrected chi connectivity index (χ4v) is 3.76. The summed E-state index contributed by atoms with van der Waals surface area (Å²) < 4.78 is 5.23. The van der Waals surface area contributed by atoms with Gasteiger partial charge in [0.25, 0.3) is 11.8 Å². The molecular weight excluding hydrogens is 418 g/mol. The first-order valence-electron chi connectivity index (χ1n) is 10.7. The highest BCUT2D eigenvalue weighted by molar-refractivity contribution is 6.26. The van der Waals surface area contributed by atoms with Gasteiger partial charge in [0, 0.05) is 40.1 Å². The van der Waals surface area contributed by atoms with Crippen LogP contribution in [-0.2, 0) is 4.79 Å². The van der Waals surface area contributed by atoms with Crippen LogP contribution >= 0.6 is 0 Å². The minimum atomic E-state index is -0.560. The molecule has 0 atom stereocenters. The molecule has 0 radical (unpaired) electrons. The first kappa shape index (κ1) is 22.0. The highest BCUT2D eigenvalue weighted by Gasteiger charge is 2.32. The summed E-state index contributed by atoms with van der Waals surface area (Å²) in [6.07, 6.45) is 4.28. The lowest BCUT2D eigenvalue weighted by atomic mass is 9.93. The molecule has 0 saturated heterocycles. The summed E-state index contributed by atoms with van der Waals surface area (Å²) in [5.41, 5.74) is 5.24. The Kier molecular flexibility index (Phi) is 6.31. The molecule has 7 nitrogen and oxygen atoms in total. The number of unbranched alkanes of at least 4 members (excludes halogenated alkanes) is 1. The molecule has 3 aromatic rings. The van der Waals surface area contributed by atoms with E-state index in [9.17, 15) is 14.4 Å². The van der Waals surface area contributed by atoms with Crippen molar-refractivity contribution in [3.63, 3.8) is 0 Å². The van der Waals surface area contributed by atoms with Crippen molar-refractivity contribution < 1.29 is 19.1 Å². The number of imide groups is 1. The first-order chi connectivity index (χ1) is 16.0. The number of ether oxygens (including phenoxy) is 1. The normalized spacial score (nSPS) is 12.9. The van der Waals surface area contributed by atoms with E-state index in [1.54, 1.807) is 48.5 Å². The Hall–Kier alpha value is -4.26. The van der Waals surface area contributed by atoms with Crippen molar-refractivity contribution >= 4 is 40.5 Å². The lowest BCUT2D eigenvalue weighted by Crippen LogP contribution is -2.40. The topological polar surface area (TPSA) is 88.1 Å². The molecule has 0 aromatic heterocycles. The van der Waals surface area contributed by atoms with E-state index in [1.807, 2.05) is 13.0 Å². The van der Waals surface area contributed by atoms with E-state index in [2.05, 4.69) is 17.1 Å². The van der Waals surface area contributed by atoms with Crippen LogP contribution in [0.2, 0.25) is 0 Å². The van der Waals surface area contributed by atoms with Gasteiger partial charge in [-0.25, -0.2) is 4.79 Å². The number of anilines is 1. The molecule has 1 heterocycles. The maximum atomic E-state index is 13.0. The molecule has 0 aliphatic carbocycles. The summed E-state index contributed by atoms with van der Waals surface area (Å²) in [5, 5.41) is 5.63. The van der Waals surface area contributed by atoms with E-state index < -0.39 is 5.97 Å². The molecule has 3 aromatic carbocycles. The molecular formula is C26H23N3O4. The van der Waals surface area contributed by atoms with E-state index >= 15 is 0 Å². The quantitative estimate of drug-likeness (QED) is 0.136. The maximum Gasteiger partial charge on any atom is 0.335 e. The van der Waals surface area contributed by atoms with Crippen molar-refractivity contribution in [2.45, 2.75) is 19.8 Å². The fraction of sp³-hybridized carbons (Fsp3) is 0.154. The standard InChI is InChI=1S/C26H23N3O4/c1-3-5-15-29-25(31)19-11-8-10-18-21(14-13-20(24(18)19)26(29)32)28-27-16-17-9-6-7-12-22(17)33-23(30)4-2/h4,6-14,16,28H,2-3,5,15H2,1H3/b27-16+. The average molecular weight is 441 g/mol. The Labute approximate surface area is 191 Å². The molecule has 0 saturated carbocycles. The molecule has 1 N–H and O–H groups in total. The summed E-state index contributed by atoms with van der Waals surface area (Å²) in [6, 6.07) is 15.9. The largest absolute Gasteiger partial charge is 0.423 e. The third-order valence-corrected chi connectivity index (χ3v) is 5.41. The van der Waals surface area contributed by atoms with Crippen LogP contribution in [0.1, 0.15) is 46.0 Å². The van der Waals surface area contributed by atoms with Gasteiger partial charge in [-0.1, -0.05) is 44.2 Å². The lowest BCUT2D eigenvalue weighted by Gasteiger charge is -2.27. The first-order valence-corrected chi connectivity index (χ1v) is 10.7. The fourth-order valence-electron chi connectivity index (χ4n) is 3.76. The van der Waals surface area contributed by atoms with Gasteiger partial charge in [0.2, 0.25) is 0 Å². The predicted molar refractivity (Wildman–Crippen MR) is 128 cm³/mol. The number of para-hydroxylation sites is 1. The van der Waals surface area contributed by atoms with Crippen molar-refractivity contribution in [2.75, 3.05) is 12.0 Å². The Morgan fingerprint density at radius 1 is 1.06 bits per heavy atom. The number of nitrogens with one attached hydrogen (secondary N) is 1. The summed E-state index contributed by atoms with van der Waals surface area (Å²) in [6.45, 7) is 5.83. The third-order valence-electron chi connectivity index (χ3n) is 5.41. The van der Waals surface area contributed by atoms with Gasteiger partial charge in [0.1, 0.15) is 5.75 Å². The van der Waals surface area contributed by atoms with Crippen LogP contribution in [0, 0.1) is 0 Å². The van der Waals surface area contributed by atoms with Gasteiger partial charge >= 0.3 is 5.97 Å². The van der Waals surface area contributed by atoms with Gasteiger partial charge < -0.3 is 4.74 Å². The van der Waals surface area contributed by atoms with E-state index in [0.29, 0.717) is 40.1 Å². The summed E-state index contributed by atoms with van der Waals surface area (Å²) in [5.74, 6) is -0.752. The van der Waals surface area contributed by atoms with Crippen LogP contribution < -0.4 is 10.2 Å². The van der Waals surface area contributed by atoms with Crippen molar-refractivity contribution in [2.24, 2.45) is 5.10 Å². The highest BCUT2D eigenvalue weighted by Crippen LogP contribution is 2.34. The zero-order valence-electron chi connectivity index (χ0n) is 18.2. The SMILES string of the molecule is C=CC(=O)Oc1ccccc1/C=N/Nc1ccc2c3c(cccc13)C(=O)N(CCCC)C2=O. The summed E-state index contributed by atoms with van der Waals surface area (Å²) in [7, 11) is 0. The van der Waals surface area contributed by atoms with Crippen LogP contribution in [0.4, 0.5) is 5.69 Å². The molecule has 0 fully saturated rings. The van der Waals surface area contributed by atoms with Gasteiger partial charge in [0.15, 0.2) is 0 Å². The van der Waals surface area contributed by atoms with E-state index in [0.717, 1.165) is 24.3 Å². The van der Waals surface area contributed by atoms with E-state index in [-0.39, 0.29) is 11.8 Å². The molecule has 7 heteroatoms. The second kappa shape index (κ2) is 9.48. The zero-order valence-corrected chi connectivity index (χ0v) is 18.2. The molecule has 0 spiro atoms. The summed E-state index contributed by atoms with van der Waals surface area (Å²) in [4.78, 5) is 38.8. The number of hydrogen-bond acceptors (Lipinski definition) is 6. The number of hydrogen-bond donors (Lipinski definition) is 1. The highest BCUT2D eigenvalue weighted by atomic mass is 16.5. The number of carbonyl (C=O) groups excluding carboxylic acids is 3. The summed E-state index contributed by atoms with van der Waals surface area (Å²) >= 11 is 0. The van der Waals surface area contributed by atoms with Gasteiger partial charge in [-0.2, -0.15) is 5.10 Å². The molecule has 166 valence electrons. The average Bonchev–Trinajstić information content (AvgIpc) is 2.83. The minimum Gasteiger partial charge on any atom is -0.423 e. The van der Waals surface area contributed by atoms with E-state index in [1.165, 1.54) is 11.1 Å². The number of benzene rings is 3. The molecule has 33 heavy (non-hydrogen) atoms. The lowest BCUT2D eigenvalue weighted by molar-refractivity contribution is -0.128. The van der Waals surface area contributed by atoms with Crippen molar-refractivity contribution in [1.82, 2.24) is 4.90 Å². The number of hydrazone groups is 1.